The van der Waals surface area contributed by atoms with Gasteiger partial charge in [-0.05, 0) is 17.7 Å². The fraction of sp³-hybridized carbons (Fsp3) is 0.200. The number of carbonyl (C=O) groups is 2. The molecule has 5 N–H and O–H groups in total. The molecule has 0 spiro atoms. The molecule has 0 atom stereocenters. The summed E-state index contributed by atoms with van der Waals surface area (Å²) in [6.45, 7) is 0.588. The van der Waals surface area contributed by atoms with Crippen molar-refractivity contribution in [2.45, 2.75) is 6.54 Å². The van der Waals surface area contributed by atoms with Crippen molar-refractivity contribution in [2.75, 3.05) is 6.54 Å². The Balaban J connectivity index is 2.58. The monoisotopic (exact) mass is 207 g/mol. The largest absolute Gasteiger partial charge is 0.369 e. The molecule has 1 aromatic carbocycles. The molecule has 0 fully saturated rings. The zero-order chi connectivity index (χ0) is 11.3. The second kappa shape index (κ2) is 5.11. The summed E-state index contributed by atoms with van der Waals surface area (Å²) in [5, 5.41) is 2.84. The van der Waals surface area contributed by atoms with Crippen molar-refractivity contribution in [3.63, 3.8) is 0 Å². The molecule has 0 bridgehead atoms. The number of carbonyl (C=O) groups excluding carboxylic acids is 2. The first-order valence-electron chi connectivity index (χ1n) is 4.47. The van der Waals surface area contributed by atoms with Gasteiger partial charge in [-0.1, -0.05) is 12.1 Å². The Labute approximate surface area is 87.4 Å². The highest BCUT2D eigenvalue weighted by molar-refractivity contribution is 5.92. The average Bonchev–Trinajstić information content (AvgIpc) is 2.17. The van der Waals surface area contributed by atoms with E-state index in [1.807, 2.05) is 6.07 Å². The smallest absolute Gasteiger partial charge is 0.248 e. The van der Waals surface area contributed by atoms with Crippen LogP contribution in [-0.4, -0.2) is 18.4 Å². The summed E-state index contributed by atoms with van der Waals surface area (Å²) in [5.74, 6) is -0.882. The Kier molecular flexibility index (Phi) is 3.82. The summed E-state index contributed by atoms with van der Waals surface area (Å²) in [7, 11) is 0. The molecular weight excluding hydrogens is 194 g/mol. The quantitative estimate of drug-likeness (QED) is 0.599. The van der Waals surface area contributed by atoms with Crippen LogP contribution in [0, 0.1) is 0 Å². The molecule has 5 heteroatoms. The summed E-state index contributed by atoms with van der Waals surface area (Å²) in [6, 6.07) is 6.89. The van der Waals surface area contributed by atoms with Crippen molar-refractivity contribution >= 4 is 11.8 Å². The lowest BCUT2D eigenvalue weighted by Crippen LogP contribution is -2.28. The fourth-order valence-corrected chi connectivity index (χ4v) is 1.16. The molecule has 15 heavy (non-hydrogen) atoms. The van der Waals surface area contributed by atoms with Crippen LogP contribution in [0.3, 0.4) is 0 Å². The van der Waals surface area contributed by atoms with Gasteiger partial charge in [-0.25, -0.2) is 0 Å². The number of primary amides is 2. The van der Waals surface area contributed by atoms with E-state index >= 15 is 0 Å². The van der Waals surface area contributed by atoms with Gasteiger partial charge >= 0.3 is 0 Å². The van der Waals surface area contributed by atoms with E-state index in [0.29, 0.717) is 12.1 Å². The molecule has 2 amide bonds. The van der Waals surface area contributed by atoms with E-state index in [2.05, 4.69) is 5.32 Å². The first-order chi connectivity index (χ1) is 7.09. The second-order valence-corrected chi connectivity index (χ2v) is 3.13. The minimum Gasteiger partial charge on any atom is -0.369 e. The number of nitrogens with two attached hydrogens (primary N) is 2. The van der Waals surface area contributed by atoms with E-state index in [9.17, 15) is 9.59 Å². The normalized spacial score (nSPS) is 9.87. The van der Waals surface area contributed by atoms with Gasteiger partial charge in [0, 0.05) is 12.1 Å². The molecule has 0 radical (unpaired) electrons. The van der Waals surface area contributed by atoms with Gasteiger partial charge in [-0.15, -0.1) is 0 Å². The topological polar surface area (TPSA) is 98.2 Å². The van der Waals surface area contributed by atoms with Gasteiger partial charge in [0.05, 0.1) is 6.54 Å². The van der Waals surface area contributed by atoms with Gasteiger partial charge in [-0.3, -0.25) is 9.59 Å². The lowest BCUT2D eigenvalue weighted by Gasteiger charge is -2.03. The van der Waals surface area contributed by atoms with Crippen LogP contribution < -0.4 is 16.8 Å². The molecule has 0 unspecified atom stereocenters. The molecular formula is C10H13N3O2. The zero-order valence-electron chi connectivity index (χ0n) is 8.19. The maximum atomic E-state index is 10.9. The first kappa shape index (κ1) is 11.2. The summed E-state index contributed by atoms with van der Waals surface area (Å²) >= 11 is 0. The third kappa shape index (κ3) is 3.78. The Morgan fingerprint density at radius 1 is 1.27 bits per heavy atom. The lowest BCUT2D eigenvalue weighted by molar-refractivity contribution is -0.117. The van der Waals surface area contributed by atoms with Crippen molar-refractivity contribution in [1.82, 2.24) is 5.32 Å². The van der Waals surface area contributed by atoms with Gasteiger partial charge in [0.15, 0.2) is 0 Å². The summed E-state index contributed by atoms with van der Waals surface area (Å²) < 4.78 is 0. The molecule has 5 nitrogen and oxygen atoms in total. The molecule has 80 valence electrons. The highest BCUT2D eigenvalue weighted by atomic mass is 16.1. The predicted octanol–water partition coefficient (Wildman–Crippen LogP) is -0.640. The van der Waals surface area contributed by atoms with E-state index in [1.54, 1.807) is 18.2 Å². The van der Waals surface area contributed by atoms with Crippen LogP contribution in [0.5, 0.6) is 0 Å². The predicted molar refractivity (Wildman–Crippen MR) is 55.9 cm³/mol. The lowest BCUT2D eigenvalue weighted by atomic mass is 10.1. The Bertz CT molecular complexity index is 377. The second-order valence-electron chi connectivity index (χ2n) is 3.13. The Hall–Kier alpha value is -1.88. The number of amides is 2. The number of benzene rings is 1. The van der Waals surface area contributed by atoms with E-state index < -0.39 is 11.8 Å². The van der Waals surface area contributed by atoms with Crippen LogP contribution in [0.1, 0.15) is 15.9 Å². The molecule has 0 aromatic heterocycles. The summed E-state index contributed by atoms with van der Waals surface area (Å²) in [4.78, 5) is 21.3. The summed E-state index contributed by atoms with van der Waals surface area (Å²) in [6.07, 6.45) is 0. The van der Waals surface area contributed by atoms with Gasteiger partial charge < -0.3 is 16.8 Å². The van der Waals surface area contributed by atoms with Crippen molar-refractivity contribution in [1.29, 1.82) is 0 Å². The van der Waals surface area contributed by atoms with Gasteiger partial charge in [0.25, 0.3) is 0 Å². The van der Waals surface area contributed by atoms with Gasteiger partial charge in [0.1, 0.15) is 0 Å². The first-order valence-corrected chi connectivity index (χ1v) is 4.47. The highest BCUT2D eigenvalue weighted by Gasteiger charge is 2.01. The fourth-order valence-electron chi connectivity index (χ4n) is 1.16. The number of hydrogen-bond donors (Lipinski definition) is 3. The van der Waals surface area contributed by atoms with Crippen LogP contribution in [0.15, 0.2) is 24.3 Å². The third-order valence-corrected chi connectivity index (χ3v) is 1.84. The Morgan fingerprint density at radius 2 is 2.00 bits per heavy atom. The average molecular weight is 207 g/mol. The van der Waals surface area contributed by atoms with Crippen LogP contribution in [0.4, 0.5) is 0 Å². The standard InChI is InChI=1S/C10H13N3O2/c11-9(14)6-13-5-7-2-1-3-8(4-7)10(12)15/h1-4,13H,5-6H2,(H2,11,14)(H2,12,15). The van der Waals surface area contributed by atoms with E-state index in [-0.39, 0.29) is 6.54 Å². The van der Waals surface area contributed by atoms with Crippen LogP contribution in [0.2, 0.25) is 0 Å². The van der Waals surface area contributed by atoms with Crippen LogP contribution >= 0.6 is 0 Å². The molecule has 0 saturated heterocycles. The Morgan fingerprint density at radius 3 is 2.60 bits per heavy atom. The zero-order valence-corrected chi connectivity index (χ0v) is 8.19. The third-order valence-electron chi connectivity index (χ3n) is 1.84. The number of hydrogen-bond acceptors (Lipinski definition) is 3. The van der Waals surface area contributed by atoms with Gasteiger partial charge in [0.2, 0.25) is 11.8 Å². The van der Waals surface area contributed by atoms with Crippen molar-refractivity contribution in [3.05, 3.63) is 35.4 Å². The molecule has 0 heterocycles. The maximum Gasteiger partial charge on any atom is 0.248 e. The van der Waals surface area contributed by atoms with E-state index in [4.69, 9.17) is 11.5 Å². The molecule has 0 aliphatic heterocycles. The summed E-state index contributed by atoms with van der Waals surface area (Å²) in [5.41, 5.74) is 11.4. The molecule has 0 saturated carbocycles. The van der Waals surface area contributed by atoms with Gasteiger partial charge in [-0.2, -0.15) is 0 Å². The minimum atomic E-state index is -0.466. The van der Waals surface area contributed by atoms with E-state index in [1.165, 1.54) is 0 Å². The molecule has 1 aromatic rings. The SMILES string of the molecule is NC(=O)CNCc1cccc(C(N)=O)c1. The maximum absolute atomic E-state index is 10.9. The molecule has 0 aliphatic rings. The molecule has 0 aliphatic carbocycles. The molecule has 1 rings (SSSR count). The van der Waals surface area contributed by atoms with Crippen LogP contribution in [-0.2, 0) is 11.3 Å². The highest BCUT2D eigenvalue weighted by Crippen LogP contribution is 2.03. The number of rotatable bonds is 5. The van der Waals surface area contributed by atoms with Crippen LogP contribution in [0.25, 0.3) is 0 Å². The minimum absolute atomic E-state index is 0.112. The van der Waals surface area contributed by atoms with Crippen molar-refractivity contribution < 1.29 is 9.59 Å². The number of nitrogens with one attached hydrogen (secondary N) is 1. The van der Waals surface area contributed by atoms with E-state index in [0.717, 1.165) is 5.56 Å². The van der Waals surface area contributed by atoms with Crippen molar-refractivity contribution in [2.24, 2.45) is 11.5 Å². The van der Waals surface area contributed by atoms with Crippen molar-refractivity contribution in [3.8, 4) is 0 Å².